The quantitative estimate of drug-likeness (QED) is 0.624. The van der Waals surface area contributed by atoms with Gasteiger partial charge in [0.1, 0.15) is 0 Å². The molecule has 1 heteroatoms. The van der Waals surface area contributed by atoms with E-state index in [9.17, 15) is 0 Å². The van der Waals surface area contributed by atoms with Crippen molar-refractivity contribution in [3.8, 4) is 0 Å². The Bertz CT molecular complexity index is 144. The number of piperidine rings is 1. The van der Waals surface area contributed by atoms with Gasteiger partial charge in [-0.3, -0.25) is 0 Å². The predicted molar refractivity (Wildman–Crippen MR) is 68.2 cm³/mol. The maximum absolute atomic E-state index is 3.67. The van der Waals surface area contributed by atoms with E-state index in [1.165, 1.54) is 64.3 Å². The molecule has 0 saturated carbocycles. The van der Waals surface area contributed by atoms with Gasteiger partial charge in [-0.2, -0.15) is 0 Å². The standard InChI is InChI=1S/C14H29N/c1-3-5-6-7-8-9-14-12-13(4-2)10-11-15-14/h13-15H,3-12H2,1-2H3. The molecule has 0 amide bonds. The minimum Gasteiger partial charge on any atom is -0.314 e. The molecule has 1 heterocycles. The summed E-state index contributed by atoms with van der Waals surface area (Å²) in [5.41, 5.74) is 0. The number of nitrogens with one attached hydrogen (secondary N) is 1. The molecule has 0 bridgehead atoms. The van der Waals surface area contributed by atoms with Crippen molar-refractivity contribution in [2.24, 2.45) is 5.92 Å². The van der Waals surface area contributed by atoms with E-state index in [0.717, 1.165) is 12.0 Å². The topological polar surface area (TPSA) is 12.0 Å². The van der Waals surface area contributed by atoms with Crippen LogP contribution in [-0.2, 0) is 0 Å². The largest absolute Gasteiger partial charge is 0.314 e. The van der Waals surface area contributed by atoms with Gasteiger partial charge in [-0.05, 0) is 31.7 Å². The second-order valence-electron chi connectivity index (χ2n) is 5.15. The van der Waals surface area contributed by atoms with Crippen LogP contribution in [0.25, 0.3) is 0 Å². The molecule has 1 fully saturated rings. The van der Waals surface area contributed by atoms with Crippen molar-refractivity contribution in [3.63, 3.8) is 0 Å². The molecular formula is C14H29N. The van der Waals surface area contributed by atoms with Crippen LogP contribution in [0, 0.1) is 5.92 Å². The molecule has 15 heavy (non-hydrogen) atoms. The second-order valence-corrected chi connectivity index (χ2v) is 5.15. The maximum Gasteiger partial charge on any atom is 0.00697 e. The van der Waals surface area contributed by atoms with Crippen LogP contribution in [0.5, 0.6) is 0 Å². The van der Waals surface area contributed by atoms with Gasteiger partial charge in [0.15, 0.2) is 0 Å². The third-order valence-corrected chi connectivity index (χ3v) is 3.84. The molecule has 0 aromatic heterocycles. The van der Waals surface area contributed by atoms with Gasteiger partial charge in [0.05, 0.1) is 0 Å². The maximum atomic E-state index is 3.67. The van der Waals surface area contributed by atoms with Crippen LogP contribution in [0.2, 0.25) is 0 Å². The monoisotopic (exact) mass is 211 g/mol. The molecule has 1 N–H and O–H groups in total. The van der Waals surface area contributed by atoms with E-state index in [1.807, 2.05) is 0 Å². The van der Waals surface area contributed by atoms with E-state index in [-0.39, 0.29) is 0 Å². The molecule has 2 atom stereocenters. The minimum atomic E-state index is 0.838. The summed E-state index contributed by atoms with van der Waals surface area (Å²) in [4.78, 5) is 0. The molecule has 1 aliphatic heterocycles. The van der Waals surface area contributed by atoms with Gasteiger partial charge in [-0.1, -0.05) is 52.4 Å². The SMILES string of the molecule is CCCCCCCC1CC(CC)CCN1. The fourth-order valence-corrected chi connectivity index (χ4v) is 2.68. The highest BCUT2D eigenvalue weighted by Crippen LogP contribution is 2.22. The Morgan fingerprint density at radius 2 is 1.87 bits per heavy atom. The smallest absolute Gasteiger partial charge is 0.00697 e. The summed E-state index contributed by atoms with van der Waals surface area (Å²) in [5.74, 6) is 1.01. The molecule has 90 valence electrons. The van der Waals surface area contributed by atoms with Crippen LogP contribution in [0.4, 0.5) is 0 Å². The van der Waals surface area contributed by atoms with Crippen molar-refractivity contribution in [1.29, 1.82) is 0 Å². The number of unbranched alkanes of at least 4 members (excludes halogenated alkanes) is 4. The Balaban J connectivity index is 2.00. The second kappa shape index (κ2) is 8.15. The van der Waals surface area contributed by atoms with Crippen LogP contribution < -0.4 is 5.32 Å². The summed E-state index contributed by atoms with van der Waals surface area (Å²) >= 11 is 0. The van der Waals surface area contributed by atoms with Crippen LogP contribution in [0.1, 0.15) is 71.6 Å². The first-order valence-electron chi connectivity index (χ1n) is 7.10. The minimum absolute atomic E-state index is 0.838. The summed E-state index contributed by atoms with van der Waals surface area (Å²) in [6.07, 6.45) is 12.8. The van der Waals surface area contributed by atoms with Crippen LogP contribution >= 0.6 is 0 Å². The lowest BCUT2D eigenvalue weighted by molar-refractivity contribution is 0.280. The first kappa shape index (κ1) is 13.0. The molecule has 2 unspecified atom stereocenters. The third kappa shape index (κ3) is 5.55. The fourth-order valence-electron chi connectivity index (χ4n) is 2.68. The average Bonchev–Trinajstić information content (AvgIpc) is 2.29. The van der Waals surface area contributed by atoms with E-state index < -0.39 is 0 Å². The van der Waals surface area contributed by atoms with Crippen molar-refractivity contribution in [2.75, 3.05) is 6.54 Å². The summed E-state index contributed by atoms with van der Waals surface area (Å²) in [6.45, 7) is 5.89. The lowest BCUT2D eigenvalue weighted by Gasteiger charge is -2.29. The van der Waals surface area contributed by atoms with Crippen LogP contribution in [0.3, 0.4) is 0 Å². The molecule has 1 rings (SSSR count). The first-order chi connectivity index (χ1) is 7.36. The summed E-state index contributed by atoms with van der Waals surface area (Å²) < 4.78 is 0. The predicted octanol–water partition coefficient (Wildman–Crippen LogP) is 4.13. The molecule has 1 saturated heterocycles. The zero-order chi connectivity index (χ0) is 10.9. The van der Waals surface area contributed by atoms with Gasteiger partial charge < -0.3 is 5.32 Å². The van der Waals surface area contributed by atoms with Crippen molar-refractivity contribution in [3.05, 3.63) is 0 Å². The van der Waals surface area contributed by atoms with E-state index in [0.29, 0.717) is 0 Å². The van der Waals surface area contributed by atoms with Crippen LogP contribution in [-0.4, -0.2) is 12.6 Å². The highest BCUT2D eigenvalue weighted by atomic mass is 14.9. The van der Waals surface area contributed by atoms with Gasteiger partial charge in [-0.15, -0.1) is 0 Å². The zero-order valence-electron chi connectivity index (χ0n) is 10.7. The number of hydrogen-bond donors (Lipinski definition) is 1. The molecule has 0 spiro atoms. The van der Waals surface area contributed by atoms with Crippen molar-refractivity contribution in [1.82, 2.24) is 5.32 Å². The highest BCUT2D eigenvalue weighted by Gasteiger charge is 2.19. The molecule has 0 aromatic rings. The lowest BCUT2D eigenvalue weighted by Crippen LogP contribution is -2.37. The Morgan fingerprint density at radius 3 is 2.60 bits per heavy atom. The van der Waals surface area contributed by atoms with Gasteiger partial charge in [0.2, 0.25) is 0 Å². The van der Waals surface area contributed by atoms with Gasteiger partial charge >= 0.3 is 0 Å². The molecular weight excluding hydrogens is 182 g/mol. The van der Waals surface area contributed by atoms with Gasteiger partial charge in [-0.25, -0.2) is 0 Å². The average molecular weight is 211 g/mol. The lowest BCUT2D eigenvalue weighted by atomic mass is 9.88. The molecule has 0 aromatic carbocycles. The summed E-state index contributed by atoms with van der Waals surface area (Å²) in [6, 6.07) is 0.838. The van der Waals surface area contributed by atoms with Crippen molar-refractivity contribution in [2.45, 2.75) is 77.7 Å². The summed E-state index contributed by atoms with van der Waals surface area (Å²) in [7, 11) is 0. The fraction of sp³-hybridized carbons (Fsp3) is 1.00. The highest BCUT2D eigenvalue weighted by molar-refractivity contribution is 4.77. The number of rotatable bonds is 7. The third-order valence-electron chi connectivity index (χ3n) is 3.84. The van der Waals surface area contributed by atoms with Gasteiger partial charge in [0, 0.05) is 6.04 Å². The molecule has 1 nitrogen and oxygen atoms in total. The van der Waals surface area contributed by atoms with E-state index in [2.05, 4.69) is 19.2 Å². The first-order valence-corrected chi connectivity index (χ1v) is 7.10. The zero-order valence-corrected chi connectivity index (χ0v) is 10.7. The van der Waals surface area contributed by atoms with E-state index in [4.69, 9.17) is 0 Å². The Kier molecular flexibility index (Phi) is 7.08. The number of hydrogen-bond acceptors (Lipinski definition) is 1. The Hall–Kier alpha value is -0.0400. The Labute approximate surface area is 96.0 Å². The van der Waals surface area contributed by atoms with Crippen molar-refractivity contribution < 1.29 is 0 Å². The van der Waals surface area contributed by atoms with E-state index >= 15 is 0 Å². The Morgan fingerprint density at radius 1 is 1.07 bits per heavy atom. The molecule has 0 radical (unpaired) electrons. The molecule has 1 aliphatic rings. The van der Waals surface area contributed by atoms with E-state index in [1.54, 1.807) is 0 Å². The normalized spacial score (nSPS) is 26.8. The van der Waals surface area contributed by atoms with Crippen molar-refractivity contribution >= 4 is 0 Å². The molecule has 0 aliphatic carbocycles. The van der Waals surface area contributed by atoms with Crippen LogP contribution in [0.15, 0.2) is 0 Å². The van der Waals surface area contributed by atoms with Gasteiger partial charge in [0.25, 0.3) is 0 Å². The summed E-state index contributed by atoms with van der Waals surface area (Å²) in [5, 5.41) is 3.67.